The van der Waals surface area contributed by atoms with Gasteiger partial charge >= 0.3 is 5.97 Å². The van der Waals surface area contributed by atoms with Gasteiger partial charge in [-0.15, -0.1) is 0 Å². The Morgan fingerprint density at radius 3 is 2.56 bits per heavy atom. The lowest BCUT2D eigenvalue weighted by Crippen LogP contribution is -2.48. The number of rotatable bonds is 4. The number of amides is 1. The molecule has 2 aliphatic heterocycles. The Morgan fingerprint density at radius 1 is 1.03 bits per heavy atom. The highest BCUT2D eigenvalue weighted by Crippen LogP contribution is 2.43. The van der Waals surface area contributed by atoms with Gasteiger partial charge in [0.05, 0.1) is 17.0 Å². The Balaban J connectivity index is 1.32. The van der Waals surface area contributed by atoms with Crippen molar-refractivity contribution in [2.24, 2.45) is 0 Å². The van der Waals surface area contributed by atoms with Crippen LogP contribution in [0.15, 0.2) is 77.7 Å². The van der Waals surface area contributed by atoms with Crippen molar-refractivity contribution in [3.05, 3.63) is 95.1 Å². The number of fused-ring (bicyclic) bond motifs is 2. The number of carbonyl (C=O) groups excluding carboxylic acids is 2. The van der Waals surface area contributed by atoms with E-state index in [1.54, 1.807) is 53.4 Å². The van der Waals surface area contributed by atoms with Crippen LogP contribution in [-0.4, -0.2) is 38.3 Å². The van der Waals surface area contributed by atoms with Gasteiger partial charge < -0.3 is 9.64 Å². The summed E-state index contributed by atoms with van der Waals surface area (Å²) in [6, 6.07) is 20.3. The van der Waals surface area contributed by atoms with Crippen LogP contribution in [0.3, 0.4) is 0 Å². The summed E-state index contributed by atoms with van der Waals surface area (Å²) in [7, 11) is -3.73. The fraction of sp³-hybridized carbons (Fsp3) is 0.231. The molecule has 1 fully saturated rings. The van der Waals surface area contributed by atoms with Gasteiger partial charge in [-0.3, -0.25) is 9.52 Å². The Kier molecular flexibility index (Phi) is 5.40. The minimum Gasteiger partial charge on any atom is -0.449 e. The van der Waals surface area contributed by atoms with E-state index in [0.29, 0.717) is 36.2 Å². The Bertz CT molecular complexity index is 1380. The molecular formula is C26H24N2O5S. The highest BCUT2D eigenvalue weighted by atomic mass is 32.2. The summed E-state index contributed by atoms with van der Waals surface area (Å²) in [6.45, 7) is 2.67. The average Bonchev–Trinajstić information content (AvgIpc) is 3.10. The molecule has 0 saturated carbocycles. The lowest BCUT2D eigenvalue weighted by atomic mass is 9.85. The molecule has 0 aliphatic carbocycles. The molecule has 0 bridgehead atoms. The van der Waals surface area contributed by atoms with Gasteiger partial charge in [0.15, 0.2) is 5.60 Å². The van der Waals surface area contributed by atoms with Crippen molar-refractivity contribution < 1.29 is 22.7 Å². The first-order valence-electron chi connectivity index (χ1n) is 11.1. The molecule has 34 heavy (non-hydrogen) atoms. The van der Waals surface area contributed by atoms with Gasteiger partial charge in [-0.05, 0) is 67.8 Å². The summed E-state index contributed by atoms with van der Waals surface area (Å²) in [5.74, 6) is -0.539. The van der Waals surface area contributed by atoms with E-state index in [4.69, 9.17) is 4.74 Å². The third-order valence-corrected chi connectivity index (χ3v) is 7.73. The molecule has 1 spiro atoms. The van der Waals surface area contributed by atoms with Crippen LogP contribution in [0.4, 0.5) is 5.69 Å². The van der Waals surface area contributed by atoms with E-state index in [1.807, 2.05) is 25.1 Å². The molecule has 1 atom stereocenters. The summed E-state index contributed by atoms with van der Waals surface area (Å²) in [5, 5.41) is 0. The molecule has 2 heterocycles. The second-order valence-electron chi connectivity index (χ2n) is 8.76. The Hall–Kier alpha value is -3.65. The number of nitrogens with one attached hydrogen (secondary N) is 1. The first kappa shape index (κ1) is 22.2. The second-order valence-corrected chi connectivity index (χ2v) is 10.4. The van der Waals surface area contributed by atoms with Gasteiger partial charge in [-0.1, -0.05) is 30.3 Å². The first-order valence-corrected chi connectivity index (χ1v) is 12.6. The summed E-state index contributed by atoms with van der Waals surface area (Å²) in [6.07, 6.45) is 1.38. The Labute approximate surface area is 198 Å². The molecule has 8 heteroatoms. The van der Waals surface area contributed by atoms with Gasteiger partial charge in [0, 0.05) is 23.4 Å². The van der Waals surface area contributed by atoms with Crippen LogP contribution in [-0.2, 0) is 20.4 Å². The second kappa shape index (κ2) is 8.29. The zero-order valence-corrected chi connectivity index (χ0v) is 19.5. The van der Waals surface area contributed by atoms with Gasteiger partial charge in [0.25, 0.3) is 15.9 Å². The number of anilines is 1. The number of hydrogen-bond donors (Lipinski definition) is 1. The number of esters is 1. The molecule has 0 radical (unpaired) electrons. The molecule has 1 saturated heterocycles. The van der Waals surface area contributed by atoms with E-state index >= 15 is 0 Å². The number of piperidine rings is 1. The lowest BCUT2D eigenvalue weighted by Gasteiger charge is -2.39. The highest BCUT2D eigenvalue weighted by molar-refractivity contribution is 7.92. The van der Waals surface area contributed by atoms with E-state index in [2.05, 4.69) is 4.72 Å². The topological polar surface area (TPSA) is 92.8 Å². The molecule has 174 valence electrons. The quantitative estimate of drug-likeness (QED) is 0.573. The van der Waals surface area contributed by atoms with Crippen LogP contribution in [0, 0.1) is 6.92 Å². The summed E-state index contributed by atoms with van der Waals surface area (Å²) < 4.78 is 33.7. The molecule has 2 aliphatic rings. The SMILES string of the molecule is Cc1cccc(S(=O)(=O)Nc2ccc(C(=O)N3CCCC4(C3)OC(=O)c3ccccc34)cc2)c1. The van der Waals surface area contributed by atoms with Crippen molar-refractivity contribution in [3.8, 4) is 0 Å². The van der Waals surface area contributed by atoms with Crippen LogP contribution in [0.1, 0.15) is 44.7 Å². The van der Waals surface area contributed by atoms with Crippen molar-refractivity contribution in [1.29, 1.82) is 0 Å². The third-order valence-electron chi connectivity index (χ3n) is 6.35. The van der Waals surface area contributed by atoms with E-state index in [0.717, 1.165) is 11.1 Å². The monoisotopic (exact) mass is 476 g/mol. The van der Waals surface area contributed by atoms with Crippen LogP contribution in [0.25, 0.3) is 0 Å². The van der Waals surface area contributed by atoms with E-state index in [9.17, 15) is 18.0 Å². The van der Waals surface area contributed by atoms with Gasteiger partial charge in [-0.25, -0.2) is 13.2 Å². The third kappa shape index (κ3) is 3.94. The van der Waals surface area contributed by atoms with Crippen LogP contribution >= 0.6 is 0 Å². The molecule has 1 unspecified atom stereocenters. The minimum atomic E-state index is -3.73. The van der Waals surface area contributed by atoms with Crippen LogP contribution in [0.2, 0.25) is 0 Å². The number of hydrogen-bond acceptors (Lipinski definition) is 5. The van der Waals surface area contributed by atoms with Crippen LogP contribution < -0.4 is 4.72 Å². The largest absolute Gasteiger partial charge is 0.449 e. The zero-order valence-electron chi connectivity index (χ0n) is 18.7. The predicted molar refractivity (Wildman–Crippen MR) is 127 cm³/mol. The standard InChI is InChI=1S/C26H24N2O5S/c1-18-6-4-7-21(16-18)34(31,32)27-20-12-10-19(11-13-20)24(29)28-15-5-14-26(17-28)23-9-3-2-8-22(23)25(30)33-26/h2-4,6-13,16,27H,5,14-15,17H2,1H3. The summed E-state index contributed by atoms with van der Waals surface area (Å²) >= 11 is 0. The normalized spacial score (nSPS) is 19.6. The number of benzene rings is 3. The molecule has 1 amide bonds. The van der Waals surface area contributed by atoms with Gasteiger partial charge in [0.1, 0.15) is 0 Å². The fourth-order valence-electron chi connectivity index (χ4n) is 4.70. The molecule has 7 nitrogen and oxygen atoms in total. The van der Waals surface area contributed by atoms with Gasteiger partial charge in [0.2, 0.25) is 0 Å². The summed E-state index contributed by atoms with van der Waals surface area (Å²) in [5.41, 5.74) is 2.23. The van der Waals surface area contributed by atoms with Gasteiger partial charge in [-0.2, -0.15) is 0 Å². The van der Waals surface area contributed by atoms with Crippen LogP contribution in [0.5, 0.6) is 0 Å². The van der Waals surface area contributed by atoms with Crippen molar-refractivity contribution in [2.75, 3.05) is 17.8 Å². The summed E-state index contributed by atoms with van der Waals surface area (Å²) in [4.78, 5) is 27.5. The maximum absolute atomic E-state index is 13.2. The minimum absolute atomic E-state index is 0.178. The number of aryl methyl sites for hydroxylation is 1. The molecule has 3 aromatic carbocycles. The lowest BCUT2D eigenvalue weighted by molar-refractivity contribution is -0.0442. The molecule has 1 N–H and O–H groups in total. The highest BCUT2D eigenvalue weighted by Gasteiger charge is 2.48. The molecule has 3 aromatic rings. The average molecular weight is 477 g/mol. The maximum atomic E-state index is 13.2. The predicted octanol–water partition coefficient (Wildman–Crippen LogP) is 4.10. The number of sulfonamides is 1. The number of nitrogens with zero attached hydrogens (tertiary/aromatic N) is 1. The van der Waals surface area contributed by atoms with Crippen molar-refractivity contribution in [1.82, 2.24) is 4.90 Å². The maximum Gasteiger partial charge on any atom is 0.339 e. The van der Waals surface area contributed by atoms with Crippen molar-refractivity contribution in [2.45, 2.75) is 30.3 Å². The van der Waals surface area contributed by atoms with Crippen molar-refractivity contribution >= 4 is 27.6 Å². The fourth-order valence-corrected chi connectivity index (χ4v) is 5.87. The smallest absolute Gasteiger partial charge is 0.339 e. The number of likely N-dealkylation sites (tertiary alicyclic amines) is 1. The molecule has 5 rings (SSSR count). The van der Waals surface area contributed by atoms with E-state index in [1.165, 1.54) is 6.07 Å². The number of ether oxygens (including phenoxy) is 1. The molecule has 0 aromatic heterocycles. The number of carbonyl (C=O) groups is 2. The van der Waals surface area contributed by atoms with Crippen molar-refractivity contribution in [3.63, 3.8) is 0 Å². The first-order chi connectivity index (χ1) is 16.3. The zero-order chi connectivity index (χ0) is 23.9. The molecular weight excluding hydrogens is 452 g/mol. The van der Waals surface area contributed by atoms with E-state index in [-0.39, 0.29) is 23.3 Å². The van der Waals surface area contributed by atoms with E-state index < -0.39 is 15.6 Å². The Morgan fingerprint density at radius 2 is 1.79 bits per heavy atom.